The van der Waals surface area contributed by atoms with E-state index >= 15 is 0 Å². The van der Waals surface area contributed by atoms with Crippen LogP contribution < -0.4 is 0 Å². The minimum atomic E-state index is -0.389. The van der Waals surface area contributed by atoms with Crippen LogP contribution in [0.2, 0.25) is 0 Å². The molecular weight excluding hydrogens is 230 g/mol. The van der Waals surface area contributed by atoms with Gasteiger partial charge in [-0.2, -0.15) is 0 Å². The molecule has 0 spiro atoms. The molecule has 0 bridgehead atoms. The van der Waals surface area contributed by atoms with E-state index in [9.17, 15) is 9.90 Å². The number of amides is 1. The third-order valence-electron chi connectivity index (χ3n) is 2.64. The van der Waals surface area contributed by atoms with Crippen LogP contribution in [0.5, 0.6) is 5.75 Å². The molecule has 1 aromatic carbocycles. The number of benzene rings is 1. The van der Waals surface area contributed by atoms with Crippen LogP contribution in [0.4, 0.5) is 4.79 Å². The smallest absolute Gasteiger partial charge is 0.417 e. The Morgan fingerprint density at radius 3 is 2.72 bits per heavy atom. The predicted molar refractivity (Wildman–Crippen MR) is 68.0 cm³/mol. The lowest BCUT2D eigenvalue weighted by molar-refractivity contribution is 0.133. The van der Waals surface area contributed by atoms with Gasteiger partial charge in [0.05, 0.1) is 6.61 Å². The molecule has 0 saturated carbocycles. The Hall–Kier alpha value is -2.23. The fraction of sp³-hybridized carbons (Fsp3) is 0.214. The Morgan fingerprint density at radius 1 is 1.39 bits per heavy atom. The fourth-order valence-corrected chi connectivity index (χ4v) is 1.76. The molecule has 1 N–H and O–H groups in total. The zero-order valence-electron chi connectivity index (χ0n) is 10.1. The van der Waals surface area contributed by atoms with E-state index in [0.29, 0.717) is 6.61 Å². The van der Waals surface area contributed by atoms with Gasteiger partial charge in [0, 0.05) is 18.3 Å². The first-order valence-electron chi connectivity index (χ1n) is 5.81. The Labute approximate surface area is 106 Å². The van der Waals surface area contributed by atoms with Crippen molar-refractivity contribution in [3.63, 3.8) is 0 Å². The molecule has 0 radical (unpaired) electrons. The summed E-state index contributed by atoms with van der Waals surface area (Å²) in [5, 5.41) is 9.42. The molecule has 1 aromatic rings. The molecule has 4 heteroatoms. The Morgan fingerprint density at radius 2 is 2.11 bits per heavy atom. The molecule has 2 rings (SSSR count). The van der Waals surface area contributed by atoms with Crippen LogP contribution in [0.25, 0.3) is 0 Å². The van der Waals surface area contributed by atoms with Crippen LogP contribution in [0.1, 0.15) is 18.4 Å². The predicted octanol–water partition coefficient (Wildman–Crippen LogP) is 2.98. The van der Waals surface area contributed by atoms with Gasteiger partial charge in [-0.25, -0.2) is 4.79 Å². The third-order valence-corrected chi connectivity index (χ3v) is 2.64. The van der Waals surface area contributed by atoms with E-state index < -0.39 is 0 Å². The van der Waals surface area contributed by atoms with Gasteiger partial charge in [-0.05, 0) is 24.6 Å². The zero-order valence-corrected chi connectivity index (χ0v) is 10.1. The van der Waals surface area contributed by atoms with Gasteiger partial charge < -0.3 is 9.84 Å². The summed E-state index contributed by atoms with van der Waals surface area (Å²) >= 11 is 0. The van der Waals surface area contributed by atoms with Gasteiger partial charge in [-0.15, -0.1) is 0 Å². The Bertz CT molecular complexity index is 480. The minimum Gasteiger partial charge on any atom is -0.508 e. The molecule has 1 aliphatic heterocycles. The summed E-state index contributed by atoms with van der Waals surface area (Å²) in [7, 11) is 0. The van der Waals surface area contributed by atoms with Crippen molar-refractivity contribution in [2.75, 3.05) is 6.61 Å². The number of carbonyl (C=O) groups excluding carboxylic acids is 1. The highest BCUT2D eigenvalue weighted by atomic mass is 16.5. The number of ether oxygens (including phenoxy) is 1. The molecule has 1 amide bonds. The highest BCUT2D eigenvalue weighted by Crippen LogP contribution is 2.25. The van der Waals surface area contributed by atoms with Crippen LogP contribution in [-0.2, 0) is 4.74 Å². The SMILES string of the molecule is CCOC(=O)N1C=CC(c2cccc(O)c2)C=C1. The van der Waals surface area contributed by atoms with Crippen molar-refractivity contribution in [3.05, 3.63) is 54.4 Å². The highest BCUT2D eigenvalue weighted by molar-refractivity contribution is 5.70. The Balaban J connectivity index is 2.07. The monoisotopic (exact) mass is 245 g/mol. The molecule has 0 aliphatic carbocycles. The maximum atomic E-state index is 11.5. The molecule has 4 nitrogen and oxygen atoms in total. The summed E-state index contributed by atoms with van der Waals surface area (Å²) in [5.74, 6) is 0.296. The molecule has 0 saturated heterocycles. The Kier molecular flexibility index (Phi) is 3.67. The summed E-state index contributed by atoms with van der Waals surface area (Å²) in [5.41, 5.74) is 0.978. The van der Waals surface area contributed by atoms with Gasteiger partial charge in [0.25, 0.3) is 0 Å². The summed E-state index contributed by atoms with van der Waals surface area (Å²) in [6, 6.07) is 7.06. The number of carbonyl (C=O) groups is 1. The standard InChI is InChI=1S/C14H15NO3/c1-2-18-14(17)15-8-6-11(7-9-15)12-4-3-5-13(16)10-12/h3-11,16H,2H2,1H3. The van der Waals surface area contributed by atoms with Crippen LogP contribution in [0.15, 0.2) is 48.8 Å². The van der Waals surface area contributed by atoms with Crippen molar-refractivity contribution in [2.24, 2.45) is 0 Å². The third kappa shape index (κ3) is 2.71. The largest absolute Gasteiger partial charge is 0.508 e. The van der Waals surface area contributed by atoms with Gasteiger partial charge in [0.2, 0.25) is 0 Å². The number of phenols is 1. The van der Waals surface area contributed by atoms with E-state index in [-0.39, 0.29) is 17.8 Å². The second-order valence-corrected chi connectivity index (χ2v) is 3.91. The molecule has 0 unspecified atom stereocenters. The molecule has 0 fully saturated rings. The summed E-state index contributed by atoms with van der Waals surface area (Å²) in [4.78, 5) is 12.8. The number of aromatic hydroxyl groups is 1. The quantitative estimate of drug-likeness (QED) is 0.871. The van der Waals surface area contributed by atoms with Crippen molar-refractivity contribution in [3.8, 4) is 5.75 Å². The highest BCUT2D eigenvalue weighted by Gasteiger charge is 2.14. The molecule has 1 aliphatic rings. The van der Waals surface area contributed by atoms with E-state index in [4.69, 9.17) is 4.74 Å². The molecule has 0 atom stereocenters. The zero-order chi connectivity index (χ0) is 13.0. The van der Waals surface area contributed by atoms with Crippen LogP contribution in [0, 0.1) is 0 Å². The summed E-state index contributed by atoms with van der Waals surface area (Å²) in [6.07, 6.45) is 6.72. The van der Waals surface area contributed by atoms with Crippen LogP contribution in [0.3, 0.4) is 0 Å². The second-order valence-electron chi connectivity index (χ2n) is 3.91. The van der Waals surface area contributed by atoms with Gasteiger partial charge in [0.1, 0.15) is 5.75 Å². The average Bonchev–Trinajstić information content (AvgIpc) is 2.39. The molecule has 18 heavy (non-hydrogen) atoms. The molecule has 94 valence electrons. The number of hydrogen-bond acceptors (Lipinski definition) is 3. The second kappa shape index (κ2) is 5.40. The number of nitrogens with zero attached hydrogens (tertiary/aromatic N) is 1. The van der Waals surface area contributed by atoms with E-state index in [1.165, 1.54) is 4.90 Å². The first-order chi connectivity index (χ1) is 8.70. The van der Waals surface area contributed by atoms with Gasteiger partial charge >= 0.3 is 6.09 Å². The van der Waals surface area contributed by atoms with Crippen molar-refractivity contribution in [1.82, 2.24) is 4.90 Å². The van der Waals surface area contributed by atoms with Crippen molar-refractivity contribution < 1.29 is 14.6 Å². The van der Waals surface area contributed by atoms with E-state index in [1.54, 1.807) is 37.5 Å². The summed E-state index contributed by atoms with van der Waals surface area (Å²) < 4.78 is 4.89. The number of phenolic OH excluding ortho intramolecular Hbond substituents is 1. The van der Waals surface area contributed by atoms with E-state index in [2.05, 4.69) is 0 Å². The lowest BCUT2D eigenvalue weighted by Crippen LogP contribution is -2.23. The fourth-order valence-electron chi connectivity index (χ4n) is 1.76. The molecular formula is C14H15NO3. The lowest BCUT2D eigenvalue weighted by atomic mass is 9.97. The lowest BCUT2D eigenvalue weighted by Gasteiger charge is -2.19. The first kappa shape index (κ1) is 12.2. The van der Waals surface area contributed by atoms with Gasteiger partial charge in [-0.1, -0.05) is 24.3 Å². The summed E-state index contributed by atoms with van der Waals surface area (Å²) in [6.45, 7) is 2.12. The normalized spacial score (nSPS) is 14.8. The minimum absolute atomic E-state index is 0.0581. The van der Waals surface area contributed by atoms with Gasteiger partial charge in [-0.3, -0.25) is 4.90 Å². The number of rotatable bonds is 2. The van der Waals surface area contributed by atoms with Gasteiger partial charge in [0.15, 0.2) is 0 Å². The maximum Gasteiger partial charge on any atom is 0.417 e. The number of hydrogen-bond donors (Lipinski definition) is 1. The van der Waals surface area contributed by atoms with E-state index in [1.807, 2.05) is 18.2 Å². The van der Waals surface area contributed by atoms with Crippen LogP contribution in [-0.4, -0.2) is 22.7 Å². The van der Waals surface area contributed by atoms with Crippen molar-refractivity contribution in [1.29, 1.82) is 0 Å². The van der Waals surface area contributed by atoms with Crippen molar-refractivity contribution in [2.45, 2.75) is 12.8 Å². The van der Waals surface area contributed by atoms with Crippen LogP contribution >= 0.6 is 0 Å². The number of allylic oxidation sites excluding steroid dienone is 2. The average molecular weight is 245 g/mol. The van der Waals surface area contributed by atoms with E-state index in [0.717, 1.165) is 5.56 Å². The topological polar surface area (TPSA) is 49.8 Å². The van der Waals surface area contributed by atoms with Crippen molar-refractivity contribution >= 4 is 6.09 Å². The molecule has 1 heterocycles. The first-order valence-corrected chi connectivity index (χ1v) is 5.81. The molecule has 0 aromatic heterocycles. The maximum absolute atomic E-state index is 11.5.